The molecule has 0 spiro atoms. The summed E-state index contributed by atoms with van der Waals surface area (Å²) in [6, 6.07) is 1.27. The van der Waals surface area contributed by atoms with Crippen molar-refractivity contribution in [1.29, 1.82) is 5.26 Å². The molecule has 0 amide bonds. The van der Waals surface area contributed by atoms with Gasteiger partial charge in [-0.2, -0.15) is 5.26 Å². The quantitative estimate of drug-likeness (QED) is 0.448. The van der Waals surface area contributed by atoms with Gasteiger partial charge in [0.05, 0.1) is 20.6 Å². The molecule has 0 aromatic rings. The number of esters is 2. The van der Waals surface area contributed by atoms with Gasteiger partial charge < -0.3 is 14.6 Å². The Hall–Kier alpha value is -1.61. The minimum atomic E-state index is -2.46. The number of rotatable bonds is 3. The van der Waals surface area contributed by atoms with E-state index in [4.69, 9.17) is 5.26 Å². The third kappa shape index (κ3) is 2.72. The van der Waals surface area contributed by atoms with Crippen molar-refractivity contribution in [3.8, 4) is 6.07 Å². The van der Waals surface area contributed by atoms with Gasteiger partial charge in [0, 0.05) is 0 Å². The molecule has 0 aromatic heterocycles. The third-order valence-electron chi connectivity index (χ3n) is 1.34. The Labute approximate surface area is 74.7 Å². The molecule has 0 aliphatic rings. The summed E-state index contributed by atoms with van der Waals surface area (Å²) in [7, 11) is 2.08. The van der Waals surface area contributed by atoms with Crippen molar-refractivity contribution in [3.63, 3.8) is 0 Å². The molecule has 72 valence electrons. The van der Waals surface area contributed by atoms with Gasteiger partial charge in [-0.05, 0) is 0 Å². The van der Waals surface area contributed by atoms with Crippen LogP contribution in [-0.2, 0) is 19.1 Å². The fourth-order valence-corrected chi connectivity index (χ4v) is 0.607. The van der Waals surface area contributed by atoms with Crippen LogP contribution in [0.1, 0.15) is 6.42 Å². The van der Waals surface area contributed by atoms with Gasteiger partial charge in [-0.1, -0.05) is 0 Å². The van der Waals surface area contributed by atoms with Crippen molar-refractivity contribution < 1.29 is 24.2 Å². The van der Waals surface area contributed by atoms with Crippen LogP contribution in [-0.4, -0.2) is 36.9 Å². The molecule has 6 heteroatoms. The highest BCUT2D eigenvalue weighted by Crippen LogP contribution is 2.11. The Kier molecular flexibility index (Phi) is 3.88. The van der Waals surface area contributed by atoms with E-state index in [0.717, 1.165) is 14.2 Å². The Bertz CT molecular complexity index is 256. The molecule has 0 rings (SSSR count). The lowest BCUT2D eigenvalue weighted by Gasteiger charge is -2.14. The summed E-state index contributed by atoms with van der Waals surface area (Å²) < 4.78 is 8.32. The Balaban J connectivity index is 4.57. The lowest BCUT2D eigenvalue weighted by molar-refractivity contribution is -0.163. The van der Waals surface area contributed by atoms with Crippen LogP contribution in [0.25, 0.3) is 0 Å². The maximum atomic E-state index is 10.8. The Morgan fingerprint density at radius 3 is 2.31 bits per heavy atom. The van der Waals surface area contributed by atoms with Crippen LogP contribution in [0.15, 0.2) is 0 Å². The van der Waals surface area contributed by atoms with Gasteiger partial charge in [0.15, 0.2) is 0 Å². The minimum absolute atomic E-state index is 0.743. The number of aliphatic hydroxyl groups is 1. The monoisotopic (exact) mass is 187 g/mol. The van der Waals surface area contributed by atoms with E-state index in [1.165, 1.54) is 6.07 Å². The number of carbonyl (C=O) groups excluding carboxylic acids is 2. The van der Waals surface area contributed by atoms with Crippen molar-refractivity contribution in [2.75, 3.05) is 14.2 Å². The predicted octanol–water partition coefficient (Wildman–Crippen LogP) is -1.02. The molecule has 0 saturated carbocycles. The molecule has 0 saturated heterocycles. The number of carbonyl (C=O) groups is 2. The maximum absolute atomic E-state index is 10.8. The summed E-state index contributed by atoms with van der Waals surface area (Å²) in [5, 5.41) is 17.7. The molecule has 0 bridgehead atoms. The first kappa shape index (κ1) is 11.4. The van der Waals surface area contributed by atoms with Crippen LogP contribution in [0.5, 0.6) is 0 Å². The van der Waals surface area contributed by atoms with E-state index in [2.05, 4.69) is 9.47 Å². The van der Waals surface area contributed by atoms with E-state index in [1.54, 1.807) is 0 Å². The molecule has 1 N–H and O–H groups in total. The Morgan fingerprint density at radius 1 is 1.46 bits per heavy atom. The standard InChI is InChI=1S/C7H9NO5/c1-12-5(9)3-7(11,4-8)6(10)13-2/h11H,3H2,1-2H3. The highest BCUT2D eigenvalue weighted by Gasteiger charge is 2.40. The van der Waals surface area contributed by atoms with Crippen molar-refractivity contribution in [3.05, 3.63) is 0 Å². The summed E-state index contributed by atoms with van der Waals surface area (Å²) in [5.74, 6) is -2.05. The van der Waals surface area contributed by atoms with Gasteiger partial charge in [-0.15, -0.1) is 0 Å². The topological polar surface area (TPSA) is 96.6 Å². The molecule has 13 heavy (non-hydrogen) atoms. The average Bonchev–Trinajstić information content (AvgIpc) is 2.15. The number of nitriles is 1. The second kappa shape index (κ2) is 4.42. The summed E-state index contributed by atoms with van der Waals surface area (Å²) in [5.41, 5.74) is -2.46. The third-order valence-corrected chi connectivity index (χ3v) is 1.34. The van der Waals surface area contributed by atoms with Crippen LogP contribution in [0.4, 0.5) is 0 Å². The average molecular weight is 187 g/mol. The predicted molar refractivity (Wildman–Crippen MR) is 39.2 cm³/mol. The summed E-state index contributed by atoms with van der Waals surface area (Å²) in [4.78, 5) is 21.5. The van der Waals surface area contributed by atoms with Crippen LogP contribution >= 0.6 is 0 Å². The van der Waals surface area contributed by atoms with Gasteiger partial charge >= 0.3 is 11.9 Å². The smallest absolute Gasteiger partial charge is 0.353 e. The summed E-state index contributed by atoms with van der Waals surface area (Å²) >= 11 is 0. The van der Waals surface area contributed by atoms with Crippen LogP contribution in [0.3, 0.4) is 0 Å². The lowest BCUT2D eigenvalue weighted by atomic mass is 10.0. The molecule has 6 nitrogen and oxygen atoms in total. The number of methoxy groups -OCH3 is 2. The summed E-state index contributed by atoms with van der Waals surface area (Å²) in [6.45, 7) is 0. The molecule has 0 aliphatic carbocycles. The molecule has 1 unspecified atom stereocenters. The first-order valence-electron chi connectivity index (χ1n) is 3.29. The fourth-order valence-electron chi connectivity index (χ4n) is 0.607. The number of ether oxygens (including phenoxy) is 2. The van der Waals surface area contributed by atoms with Crippen molar-refractivity contribution in [1.82, 2.24) is 0 Å². The minimum Gasteiger partial charge on any atom is -0.469 e. The summed E-state index contributed by atoms with van der Waals surface area (Å²) in [6.07, 6.45) is -0.743. The number of nitrogens with zero attached hydrogens (tertiary/aromatic N) is 1. The fraction of sp³-hybridized carbons (Fsp3) is 0.571. The normalized spacial score (nSPS) is 13.7. The number of hydrogen-bond donors (Lipinski definition) is 1. The first-order valence-corrected chi connectivity index (χ1v) is 3.29. The van der Waals surface area contributed by atoms with Crippen molar-refractivity contribution in [2.24, 2.45) is 0 Å². The zero-order valence-corrected chi connectivity index (χ0v) is 7.23. The maximum Gasteiger partial charge on any atom is 0.353 e. The second-order valence-corrected chi connectivity index (χ2v) is 2.22. The molecule has 1 atom stereocenters. The van der Waals surface area contributed by atoms with E-state index < -0.39 is 24.0 Å². The zero-order valence-electron chi connectivity index (χ0n) is 7.23. The first-order chi connectivity index (χ1) is 6.00. The zero-order chi connectivity index (χ0) is 10.5. The van der Waals surface area contributed by atoms with Gasteiger partial charge in [0.2, 0.25) is 0 Å². The van der Waals surface area contributed by atoms with Crippen molar-refractivity contribution in [2.45, 2.75) is 12.0 Å². The van der Waals surface area contributed by atoms with Crippen LogP contribution < -0.4 is 0 Å². The largest absolute Gasteiger partial charge is 0.469 e. The molecule has 0 aromatic carbocycles. The van der Waals surface area contributed by atoms with E-state index in [1.807, 2.05) is 0 Å². The van der Waals surface area contributed by atoms with E-state index in [-0.39, 0.29) is 0 Å². The molecule has 0 radical (unpaired) electrons. The Morgan fingerprint density at radius 2 is 2.00 bits per heavy atom. The second-order valence-electron chi connectivity index (χ2n) is 2.22. The van der Waals surface area contributed by atoms with E-state index in [0.29, 0.717) is 0 Å². The SMILES string of the molecule is COC(=O)CC(O)(C#N)C(=O)OC. The van der Waals surface area contributed by atoms with E-state index >= 15 is 0 Å². The van der Waals surface area contributed by atoms with Gasteiger partial charge in [-0.25, -0.2) is 4.79 Å². The molecule has 0 heterocycles. The highest BCUT2D eigenvalue weighted by molar-refractivity contribution is 5.88. The lowest BCUT2D eigenvalue weighted by Crippen LogP contribution is -2.40. The van der Waals surface area contributed by atoms with Crippen LogP contribution in [0.2, 0.25) is 0 Å². The van der Waals surface area contributed by atoms with Crippen LogP contribution in [0, 0.1) is 11.3 Å². The van der Waals surface area contributed by atoms with Gasteiger partial charge in [0.1, 0.15) is 6.07 Å². The molecule has 0 fully saturated rings. The molecular weight excluding hydrogens is 178 g/mol. The molecular formula is C7H9NO5. The van der Waals surface area contributed by atoms with Gasteiger partial charge in [0.25, 0.3) is 5.60 Å². The van der Waals surface area contributed by atoms with E-state index in [9.17, 15) is 14.7 Å². The molecule has 0 aliphatic heterocycles. The highest BCUT2D eigenvalue weighted by atomic mass is 16.5. The van der Waals surface area contributed by atoms with Gasteiger partial charge in [-0.3, -0.25) is 4.79 Å². The van der Waals surface area contributed by atoms with Crippen molar-refractivity contribution >= 4 is 11.9 Å². The number of hydrogen-bond acceptors (Lipinski definition) is 6.